The van der Waals surface area contributed by atoms with Crippen LogP contribution in [0.5, 0.6) is 0 Å². The fraction of sp³-hybridized carbons (Fsp3) is 0.250. The molecule has 0 aliphatic carbocycles. The van der Waals surface area contributed by atoms with Crippen LogP contribution in [0.3, 0.4) is 0 Å². The van der Waals surface area contributed by atoms with Crippen LogP contribution in [0.2, 0.25) is 10.0 Å². The third-order valence-electron chi connectivity index (χ3n) is 4.56. The van der Waals surface area contributed by atoms with Gasteiger partial charge < -0.3 is 0 Å². The summed E-state index contributed by atoms with van der Waals surface area (Å²) in [5.74, 6) is -0.551. The molecule has 0 fully saturated rings. The summed E-state index contributed by atoms with van der Waals surface area (Å²) in [6, 6.07) is 5.12. The number of rotatable bonds is 7. The van der Waals surface area contributed by atoms with Crippen LogP contribution in [0.15, 0.2) is 38.2 Å². The molecule has 30 heavy (non-hydrogen) atoms. The van der Waals surface area contributed by atoms with E-state index in [1.54, 1.807) is 27.8 Å². The Morgan fingerprint density at radius 3 is 2.43 bits per heavy atom. The number of hydrogen-bond donors (Lipinski definition) is 0. The molecule has 0 atom stereocenters. The Balaban J connectivity index is 2.07. The van der Waals surface area contributed by atoms with Crippen molar-refractivity contribution in [3.8, 4) is 5.69 Å². The van der Waals surface area contributed by atoms with Crippen LogP contribution < -0.4 is 0 Å². The molecule has 1 amide bonds. The SMILES string of the molecule is CCN(CC)C(=O)CC(=O)c1nn(-c2ccc(Cl)cc2Cl)c(C2=CC=C(Br)[SeH2]2)c1Br. The van der Waals surface area contributed by atoms with E-state index < -0.39 is 15.0 Å². The van der Waals surface area contributed by atoms with Crippen LogP contribution in [-0.4, -0.2) is 54.4 Å². The topological polar surface area (TPSA) is 55.2 Å². The molecule has 0 unspecified atom stereocenters. The average Bonchev–Trinajstić information content (AvgIpc) is 3.25. The van der Waals surface area contributed by atoms with Crippen molar-refractivity contribution in [1.29, 1.82) is 0 Å². The van der Waals surface area contributed by atoms with Crippen molar-refractivity contribution in [1.82, 2.24) is 14.7 Å². The molecule has 0 bridgehead atoms. The molecule has 1 aliphatic heterocycles. The van der Waals surface area contributed by atoms with Gasteiger partial charge in [0.25, 0.3) is 0 Å². The van der Waals surface area contributed by atoms with Crippen molar-refractivity contribution in [2.45, 2.75) is 20.3 Å². The van der Waals surface area contributed by atoms with E-state index in [1.807, 2.05) is 26.0 Å². The Morgan fingerprint density at radius 2 is 1.87 bits per heavy atom. The van der Waals surface area contributed by atoms with Crippen molar-refractivity contribution in [3.05, 3.63) is 59.6 Å². The first-order valence-corrected chi connectivity index (χ1v) is 13.6. The van der Waals surface area contributed by atoms with Crippen LogP contribution in [0.4, 0.5) is 0 Å². The van der Waals surface area contributed by atoms with E-state index in [4.69, 9.17) is 23.2 Å². The molecule has 1 aliphatic rings. The molecule has 5 nitrogen and oxygen atoms in total. The molecule has 1 aromatic carbocycles. The number of nitrogens with zero attached hydrogens (tertiary/aromatic N) is 3. The van der Waals surface area contributed by atoms with Gasteiger partial charge in [0, 0.05) is 0 Å². The molecule has 1 aromatic heterocycles. The van der Waals surface area contributed by atoms with Crippen molar-refractivity contribution in [2.24, 2.45) is 0 Å². The Labute approximate surface area is 207 Å². The van der Waals surface area contributed by atoms with Crippen molar-refractivity contribution < 1.29 is 9.59 Å². The second kappa shape index (κ2) is 10.2. The number of halogens is 4. The summed E-state index contributed by atoms with van der Waals surface area (Å²) in [5, 5.41) is 5.50. The average molecular weight is 643 g/mol. The van der Waals surface area contributed by atoms with Crippen LogP contribution in [0.25, 0.3) is 10.2 Å². The van der Waals surface area contributed by atoms with E-state index in [2.05, 4.69) is 37.0 Å². The number of hydrogen-bond acceptors (Lipinski definition) is 3. The quantitative estimate of drug-likeness (QED) is 0.239. The summed E-state index contributed by atoms with van der Waals surface area (Å²) in [4.78, 5) is 27.1. The van der Waals surface area contributed by atoms with Gasteiger partial charge in [0.2, 0.25) is 0 Å². The van der Waals surface area contributed by atoms with Gasteiger partial charge in [0.1, 0.15) is 0 Å². The third kappa shape index (κ3) is 4.95. The second-order valence-corrected chi connectivity index (χ2v) is 13.2. The van der Waals surface area contributed by atoms with Gasteiger partial charge in [-0.25, -0.2) is 0 Å². The number of carbonyl (C=O) groups excluding carboxylic acids is 2. The van der Waals surface area contributed by atoms with E-state index >= 15 is 0 Å². The van der Waals surface area contributed by atoms with Crippen LogP contribution in [0, 0.1) is 0 Å². The zero-order valence-corrected chi connectivity index (χ0v) is 23.0. The van der Waals surface area contributed by atoms with E-state index in [9.17, 15) is 9.59 Å². The number of allylic oxidation sites excluding steroid dienone is 2. The Morgan fingerprint density at radius 1 is 1.17 bits per heavy atom. The van der Waals surface area contributed by atoms with Crippen LogP contribution in [0.1, 0.15) is 36.5 Å². The zero-order valence-electron chi connectivity index (χ0n) is 16.2. The van der Waals surface area contributed by atoms with E-state index in [-0.39, 0.29) is 23.8 Å². The molecule has 10 heteroatoms. The Bertz CT molecular complexity index is 1080. The minimum atomic E-state index is -0.606. The maximum absolute atomic E-state index is 13.0. The van der Waals surface area contributed by atoms with Gasteiger partial charge in [-0.2, -0.15) is 0 Å². The molecule has 0 radical (unpaired) electrons. The van der Waals surface area contributed by atoms with Gasteiger partial charge in [-0.1, -0.05) is 0 Å². The third-order valence-corrected chi connectivity index (χ3v) is 9.41. The predicted octanol–water partition coefficient (Wildman–Crippen LogP) is 5.14. The van der Waals surface area contributed by atoms with E-state index in [1.165, 1.54) is 0 Å². The molecule has 0 spiro atoms. The van der Waals surface area contributed by atoms with Gasteiger partial charge in [-0.3, -0.25) is 0 Å². The molecular weight excluding hydrogens is 624 g/mol. The van der Waals surface area contributed by atoms with Gasteiger partial charge in [-0.15, -0.1) is 0 Å². The van der Waals surface area contributed by atoms with Crippen molar-refractivity contribution >= 4 is 86.2 Å². The molecule has 0 saturated heterocycles. The maximum atomic E-state index is 13.0. The van der Waals surface area contributed by atoms with Crippen LogP contribution >= 0.6 is 55.1 Å². The molecule has 2 heterocycles. The number of Topliss-reactive ketones (excluding diaryl/α,β-unsaturated/α-hetero) is 1. The van der Waals surface area contributed by atoms with Gasteiger partial charge in [0.05, 0.1) is 0 Å². The number of benzene rings is 1. The molecule has 0 N–H and O–H groups in total. The fourth-order valence-corrected chi connectivity index (χ4v) is 7.82. The summed E-state index contributed by atoms with van der Waals surface area (Å²) in [6.07, 6.45) is 3.79. The van der Waals surface area contributed by atoms with Crippen molar-refractivity contribution in [3.63, 3.8) is 0 Å². The predicted molar refractivity (Wildman–Crippen MR) is 132 cm³/mol. The van der Waals surface area contributed by atoms with Gasteiger partial charge >= 0.3 is 209 Å². The monoisotopic (exact) mass is 641 g/mol. The fourth-order valence-electron chi connectivity index (χ4n) is 3.05. The number of amides is 1. The molecule has 2 aromatic rings. The summed E-state index contributed by atoms with van der Waals surface area (Å²) in [6.45, 7) is 4.89. The van der Waals surface area contributed by atoms with Gasteiger partial charge in [-0.05, 0) is 0 Å². The molecule has 160 valence electrons. The first-order valence-electron chi connectivity index (χ1n) is 9.16. The molecule has 0 saturated carbocycles. The summed E-state index contributed by atoms with van der Waals surface area (Å²) >= 11 is 19.0. The summed E-state index contributed by atoms with van der Waals surface area (Å²) in [7, 11) is 0. The standard InChI is InChI=1S/C20H19Br2Cl2N3O2Se/c1-3-26(4-2)17(29)10-14(28)19-18(22)20(15-7-8-16(21)30-15)27(25-19)13-6-5-11(23)9-12(13)24/h5-9H,3-4,10,30H2,1-2H3. The van der Waals surface area contributed by atoms with Crippen LogP contribution in [-0.2, 0) is 4.79 Å². The first-order chi connectivity index (χ1) is 14.3. The number of aromatic nitrogens is 2. The molecule has 3 rings (SSSR count). The van der Waals surface area contributed by atoms with Gasteiger partial charge in [0.15, 0.2) is 0 Å². The van der Waals surface area contributed by atoms with Crippen molar-refractivity contribution in [2.75, 3.05) is 13.1 Å². The Kier molecular flexibility index (Phi) is 8.04. The first kappa shape index (κ1) is 23.8. The van der Waals surface area contributed by atoms with E-state index in [0.29, 0.717) is 33.3 Å². The minimum absolute atomic E-state index is 0.213. The second-order valence-electron chi connectivity index (χ2n) is 6.40. The Hall–Kier alpha value is -0.891. The zero-order chi connectivity index (χ0) is 22.0. The normalized spacial score (nSPS) is 14.6. The van der Waals surface area contributed by atoms with E-state index in [0.717, 1.165) is 13.5 Å². The number of ketones is 1. The number of carbonyl (C=O) groups is 2. The molecular formula is C20H19Br2Cl2N3O2Se. The summed E-state index contributed by atoms with van der Waals surface area (Å²) < 4.78 is 4.45. The summed E-state index contributed by atoms with van der Waals surface area (Å²) in [5.41, 5.74) is 1.59.